The summed E-state index contributed by atoms with van der Waals surface area (Å²) in [5.74, 6) is 5.72. The third kappa shape index (κ3) is 4.75. The van der Waals surface area contributed by atoms with E-state index in [0.717, 1.165) is 10.6 Å². The third-order valence-electron chi connectivity index (χ3n) is 2.59. The molecule has 1 aromatic carbocycles. The van der Waals surface area contributed by atoms with Crippen LogP contribution in [-0.2, 0) is 5.75 Å². The molecule has 21 heavy (non-hydrogen) atoms. The van der Waals surface area contributed by atoms with E-state index in [-0.39, 0.29) is 12.4 Å². The first-order chi connectivity index (χ1) is 10.2. The van der Waals surface area contributed by atoms with Gasteiger partial charge in [0.2, 0.25) is 0 Å². The van der Waals surface area contributed by atoms with Crippen LogP contribution in [0.2, 0.25) is 5.02 Å². The van der Waals surface area contributed by atoms with Gasteiger partial charge in [-0.15, -0.1) is 11.8 Å². The van der Waals surface area contributed by atoms with Gasteiger partial charge in [-0.2, -0.15) is 0 Å². The predicted molar refractivity (Wildman–Crippen MR) is 83.8 cm³/mol. The van der Waals surface area contributed by atoms with Gasteiger partial charge in [0.05, 0.1) is 17.2 Å². The molecule has 0 fully saturated rings. The molecule has 0 saturated heterocycles. The normalized spacial score (nSPS) is 10.0. The summed E-state index contributed by atoms with van der Waals surface area (Å²) in [4.78, 5) is 4.20. The summed E-state index contributed by atoms with van der Waals surface area (Å²) in [5.41, 5.74) is 1.28. The minimum absolute atomic E-state index is 0.0255. The van der Waals surface area contributed by atoms with E-state index in [1.807, 2.05) is 0 Å². The first kappa shape index (κ1) is 15.8. The summed E-state index contributed by atoms with van der Waals surface area (Å²) < 4.78 is 13.6. The lowest BCUT2D eigenvalue weighted by Crippen LogP contribution is -1.89. The Balaban J connectivity index is 2.09. The molecule has 0 unspecified atom stereocenters. The van der Waals surface area contributed by atoms with Gasteiger partial charge in [0.15, 0.2) is 0 Å². The molecule has 1 aromatic heterocycles. The quantitative estimate of drug-likeness (QED) is 0.685. The van der Waals surface area contributed by atoms with Crippen LogP contribution in [0.25, 0.3) is 0 Å². The van der Waals surface area contributed by atoms with Crippen molar-refractivity contribution in [3.63, 3.8) is 0 Å². The van der Waals surface area contributed by atoms with Gasteiger partial charge in [0.25, 0.3) is 0 Å². The molecule has 0 atom stereocenters. The lowest BCUT2D eigenvalue weighted by molar-refractivity contribution is 0.305. The van der Waals surface area contributed by atoms with E-state index in [2.05, 4.69) is 16.8 Å². The Morgan fingerprint density at radius 1 is 1.33 bits per heavy atom. The van der Waals surface area contributed by atoms with Crippen LogP contribution in [-0.4, -0.2) is 16.7 Å². The maximum absolute atomic E-state index is 13.6. The maximum atomic E-state index is 13.6. The van der Waals surface area contributed by atoms with Gasteiger partial charge in [-0.25, -0.2) is 9.37 Å². The van der Waals surface area contributed by atoms with Crippen LogP contribution in [0, 0.1) is 17.7 Å². The first-order valence-electron chi connectivity index (χ1n) is 6.32. The average molecular weight is 322 g/mol. The molecule has 0 bridgehead atoms. The number of pyridine rings is 1. The molecule has 2 rings (SSSR count). The number of hydrogen-bond acceptors (Lipinski definition) is 3. The van der Waals surface area contributed by atoms with Crippen molar-refractivity contribution in [2.75, 3.05) is 6.61 Å². The molecule has 2 aromatic rings. The summed E-state index contributed by atoms with van der Waals surface area (Å²) >= 11 is 7.53. The van der Waals surface area contributed by atoms with Crippen LogP contribution >= 0.6 is 23.4 Å². The maximum Gasteiger partial charge on any atom is 0.138 e. The number of aliphatic hydroxyl groups is 1. The van der Waals surface area contributed by atoms with Gasteiger partial charge in [-0.05, 0) is 29.8 Å². The minimum atomic E-state index is -0.356. The van der Waals surface area contributed by atoms with Crippen LogP contribution in [0.5, 0.6) is 0 Å². The van der Waals surface area contributed by atoms with Gasteiger partial charge in [-0.3, -0.25) is 0 Å². The number of halogens is 2. The molecule has 0 spiro atoms. The highest BCUT2D eigenvalue weighted by Crippen LogP contribution is 2.27. The predicted octanol–water partition coefficient (Wildman–Crippen LogP) is 3.90. The number of aliphatic hydroxyl groups excluding tert-OH is 1. The zero-order valence-corrected chi connectivity index (χ0v) is 12.7. The molecule has 1 N–H and O–H groups in total. The Bertz CT molecular complexity index is 681. The molecule has 2 nitrogen and oxygen atoms in total. The SMILES string of the molecule is OCCC#Cc1cc(CSc2ncccc2Cl)ccc1F. The van der Waals surface area contributed by atoms with E-state index >= 15 is 0 Å². The number of rotatable bonds is 4. The molecule has 0 radical (unpaired) electrons. The average Bonchev–Trinajstić information content (AvgIpc) is 2.49. The van der Waals surface area contributed by atoms with Crippen LogP contribution in [0.1, 0.15) is 17.5 Å². The molecular formula is C16H13ClFNOS. The molecule has 0 aliphatic carbocycles. The molecule has 0 saturated carbocycles. The summed E-state index contributed by atoms with van der Waals surface area (Å²) in [7, 11) is 0. The second-order valence-electron chi connectivity index (χ2n) is 4.17. The van der Waals surface area contributed by atoms with E-state index in [1.54, 1.807) is 30.5 Å². The second-order valence-corrected chi connectivity index (χ2v) is 5.54. The summed E-state index contributed by atoms with van der Waals surface area (Å²) in [6.45, 7) is -0.0255. The number of nitrogens with zero attached hydrogens (tertiary/aromatic N) is 1. The molecule has 0 aliphatic heterocycles. The highest BCUT2D eigenvalue weighted by molar-refractivity contribution is 7.98. The molecular weight excluding hydrogens is 309 g/mol. The molecule has 0 aliphatic rings. The van der Waals surface area contributed by atoms with E-state index in [0.29, 0.717) is 22.8 Å². The second kappa shape index (κ2) is 8.04. The molecule has 108 valence electrons. The van der Waals surface area contributed by atoms with E-state index in [4.69, 9.17) is 16.7 Å². The van der Waals surface area contributed by atoms with Crippen molar-refractivity contribution in [1.82, 2.24) is 4.98 Å². The highest BCUT2D eigenvalue weighted by atomic mass is 35.5. The Morgan fingerprint density at radius 3 is 2.95 bits per heavy atom. The van der Waals surface area contributed by atoms with Gasteiger partial charge < -0.3 is 5.11 Å². The number of thioether (sulfide) groups is 1. The van der Waals surface area contributed by atoms with Crippen LogP contribution in [0.3, 0.4) is 0 Å². The number of hydrogen-bond donors (Lipinski definition) is 1. The zero-order valence-electron chi connectivity index (χ0n) is 11.1. The first-order valence-corrected chi connectivity index (χ1v) is 7.68. The van der Waals surface area contributed by atoms with Crippen molar-refractivity contribution in [1.29, 1.82) is 0 Å². The monoisotopic (exact) mass is 321 g/mol. The third-order valence-corrected chi connectivity index (χ3v) is 4.08. The summed E-state index contributed by atoms with van der Waals surface area (Å²) in [5, 5.41) is 10.0. The van der Waals surface area contributed by atoms with E-state index in [1.165, 1.54) is 17.8 Å². The molecule has 0 amide bonds. The highest BCUT2D eigenvalue weighted by Gasteiger charge is 2.05. The van der Waals surface area contributed by atoms with Crippen molar-refractivity contribution in [3.05, 3.63) is 58.5 Å². The lowest BCUT2D eigenvalue weighted by Gasteiger charge is -2.04. The van der Waals surface area contributed by atoms with E-state index in [9.17, 15) is 4.39 Å². The minimum Gasteiger partial charge on any atom is -0.395 e. The van der Waals surface area contributed by atoms with Crippen molar-refractivity contribution in [2.24, 2.45) is 0 Å². The summed E-state index contributed by atoms with van der Waals surface area (Å²) in [6, 6.07) is 8.39. The molecule has 1 heterocycles. The Hall–Kier alpha value is -1.54. The Labute approximate surface area is 132 Å². The fraction of sp³-hybridized carbons (Fsp3) is 0.188. The summed E-state index contributed by atoms with van der Waals surface area (Å²) in [6.07, 6.45) is 2.02. The largest absolute Gasteiger partial charge is 0.395 e. The van der Waals surface area contributed by atoms with Gasteiger partial charge >= 0.3 is 0 Å². The van der Waals surface area contributed by atoms with Gasteiger partial charge in [-0.1, -0.05) is 29.5 Å². The van der Waals surface area contributed by atoms with Gasteiger partial charge in [0.1, 0.15) is 10.8 Å². The van der Waals surface area contributed by atoms with Crippen LogP contribution < -0.4 is 0 Å². The fourth-order valence-corrected chi connectivity index (χ4v) is 2.71. The Kier molecular flexibility index (Phi) is 6.06. The lowest BCUT2D eigenvalue weighted by atomic mass is 10.1. The topological polar surface area (TPSA) is 33.1 Å². The van der Waals surface area contributed by atoms with Crippen molar-refractivity contribution >= 4 is 23.4 Å². The van der Waals surface area contributed by atoms with E-state index < -0.39 is 0 Å². The fourth-order valence-electron chi connectivity index (χ4n) is 1.60. The van der Waals surface area contributed by atoms with Crippen LogP contribution in [0.4, 0.5) is 4.39 Å². The Morgan fingerprint density at radius 2 is 2.19 bits per heavy atom. The van der Waals surface area contributed by atoms with Crippen LogP contribution in [0.15, 0.2) is 41.6 Å². The number of aromatic nitrogens is 1. The number of benzene rings is 1. The standard InChI is InChI=1S/C16H13ClFNOS/c17-14-5-3-8-19-16(14)21-11-12-6-7-15(18)13(10-12)4-1-2-9-20/h3,5-8,10,20H,2,9,11H2. The van der Waals surface area contributed by atoms with Crippen molar-refractivity contribution < 1.29 is 9.50 Å². The molecule has 5 heteroatoms. The van der Waals surface area contributed by atoms with Crippen molar-refractivity contribution in [2.45, 2.75) is 17.2 Å². The smallest absolute Gasteiger partial charge is 0.138 e. The van der Waals surface area contributed by atoms with Gasteiger partial charge in [0, 0.05) is 18.4 Å². The zero-order chi connectivity index (χ0) is 15.1. The van der Waals surface area contributed by atoms with Crippen molar-refractivity contribution in [3.8, 4) is 11.8 Å².